The number of hydrogen-bond donors (Lipinski definition) is 0. The van der Waals surface area contributed by atoms with Crippen molar-refractivity contribution >= 4 is 28.3 Å². The van der Waals surface area contributed by atoms with Gasteiger partial charge in [0.15, 0.2) is 0 Å². The van der Waals surface area contributed by atoms with Gasteiger partial charge in [-0.1, -0.05) is 5.16 Å². The predicted molar refractivity (Wildman–Crippen MR) is 96.3 cm³/mol. The zero-order valence-electron chi connectivity index (χ0n) is 15.2. The molecule has 6 nitrogen and oxygen atoms in total. The van der Waals surface area contributed by atoms with Crippen molar-refractivity contribution in [2.45, 2.75) is 38.8 Å². The Hall–Kier alpha value is -2.49. The van der Waals surface area contributed by atoms with E-state index in [1.54, 1.807) is 17.3 Å². The molecule has 10 heteroatoms. The highest BCUT2D eigenvalue weighted by atomic mass is 32.1. The van der Waals surface area contributed by atoms with Gasteiger partial charge in [0.1, 0.15) is 4.88 Å². The largest absolute Gasteiger partial charge is 0.417 e. The average Bonchev–Trinajstić information content (AvgIpc) is 3.25. The summed E-state index contributed by atoms with van der Waals surface area (Å²) in [5.41, 5.74) is 1.78. The third-order valence-electron chi connectivity index (χ3n) is 5.01. The van der Waals surface area contributed by atoms with Gasteiger partial charge < -0.3 is 9.42 Å². The molecule has 0 radical (unpaired) electrons. The lowest BCUT2D eigenvalue weighted by molar-refractivity contribution is -0.136. The molecule has 4 rings (SSSR count). The van der Waals surface area contributed by atoms with Crippen molar-refractivity contribution in [1.29, 1.82) is 0 Å². The van der Waals surface area contributed by atoms with Gasteiger partial charge in [0.05, 0.1) is 33.5 Å². The monoisotopic (exact) mass is 410 g/mol. The van der Waals surface area contributed by atoms with Gasteiger partial charge in [-0.15, -0.1) is 11.3 Å². The molecule has 1 unspecified atom stereocenters. The predicted octanol–water partition coefficient (Wildman–Crippen LogP) is 4.33. The van der Waals surface area contributed by atoms with Crippen LogP contribution in [-0.2, 0) is 6.18 Å². The number of thiazole rings is 1. The number of piperidine rings is 1. The highest BCUT2D eigenvalue weighted by Crippen LogP contribution is 2.38. The van der Waals surface area contributed by atoms with Gasteiger partial charge in [-0.2, -0.15) is 13.2 Å². The lowest BCUT2D eigenvalue weighted by atomic mass is 9.92. The summed E-state index contributed by atoms with van der Waals surface area (Å²) in [5, 5.41) is 3.52. The molecule has 0 saturated carbocycles. The maximum Gasteiger partial charge on any atom is 0.417 e. The molecular formula is C18H17F3N4O2S. The van der Waals surface area contributed by atoms with Gasteiger partial charge in [-0.25, -0.2) is 9.97 Å². The minimum atomic E-state index is -4.55. The number of aryl methyl sites for hydroxylation is 2. The second-order valence-electron chi connectivity index (χ2n) is 6.90. The van der Waals surface area contributed by atoms with Crippen LogP contribution >= 0.6 is 11.3 Å². The van der Waals surface area contributed by atoms with E-state index in [-0.39, 0.29) is 34.3 Å². The van der Waals surface area contributed by atoms with E-state index in [0.717, 1.165) is 6.07 Å². The average molecular weight is 410 g/mol. The second kappa shape index (κ2) is 6.84. The fourth-order valence-electron chi connectivity index (χ4n) is 3.60. The van der Waals surface area contributed by atoms with Crippen LogP contribution in [0.25, 0.3) is 11.1 Å². The van der Waals surface area contributed by atoms with E-state index in [2.05, 4.69) is 15.1 Å². The first-order valence-electron chi connectivity index (χ1n) is 8.79. The Balaban J connectivity index is 1.68. The van der Waals surface area contributed by atoms with Crippen LogP contribution in [0.3, 0.4) is 0 Å². The van der Waals surface area contributed by atoms with Crippen molar-refractivity contribution in [2.75, 3.05) is 13.1 Å². The van der Waals surface area contributed by atoms with Crippen LogP contribution in [0, 0.1) is 13.8 Å². The van der Waals surface area contributed by atoms with E-state index in [1.165, 1.54) is 18.3 Å². The van der Waals surface area contributed by atoms with Crippen LogP contribution in [0.2, 0.25) is 0 Å². The fraction of sp³-hybridized carbons (Fsp3) is 0.444. The quantitative estimate of drug-likeness (QED) is 0.629. The number of amides is 1. The van der Waals surface area contributed by atoms with Gasteiger partial charge in [0, 0.05) is 19.0 Å². The fourth-order valence-corrected chi connectivity index (χ4v) is 4.37. The van der Waals surface area contributed by atoms with Crippen molar-refractivity contribution in [2.24, 2.45) is 0 Å². The number of carbonyl (C=O) groups is 1. The van der Waals surface area contributed by atoms with Crippen molar-refractivity contribution in [3.63, 3.8) is 0 Å². The molecule has 3 aromatic heterocycles. The minimum Gasteiger partial charge on any atom is -0.337 e. The molecule has 0 spiro atoms. The summed E-state index contributed by atoms with van der Waals surface area (Å²) in [5.74, 6) is -0.445. The first-order valence-corrected chi connectivity index (χ1v) is 9.67. The van der Waals surface area contributed by atoms with Gasteiger partial charge in [-0.3, -0.25) is 4.79 Å². The number of fused-ring (bicyclic) bond motifs is 1. The molecule has 1 amide bonds. The minimum absolute atomic E-state index is 0.111. The summed E-state index contributed by atoms with van der Waals surface area (Å²) in [6.45, 7) is 4.09. The zero-order valence-corrected chi connectivity index (χ0v) is 16.0. The molecule has 0 N–H and O–H groups in total. The molecule has 0 aromatic carbocycles. The smallest absolute Gasteiger partial charge is 0.337 e. The maximum atomic E-state index is 13.6. The highest BCUT2D eigenvalue weighted by Gasteiger charge is 2.37. The van der Waals surface area contributed by atoms with E-state index >= 15 is 0 Å². The summed E-state index contributed by atoms with van der Waals surface area (Å²) in [7, 11) is 0. The lowest BCUT2D eigenvalue weighted by Gasteiger charge is -2.32. The molecule has 3 aromatic rings. The van der Waals surface area contributed by atoms with E-state index < -0.39 is 11.7 Å². The molecule has 1 aliphatic rings. The Morgan fingerprint density at radius 3 is 2.79 bits per heavy atom. The third kappa shape index (κ3) is 3.25. The molecule has 28 heavy (non-hydrogen) atoms. The molecule has 4 heterocycles. The van der Waals surface area contributed by atoms with Gasteiger partial charge >= 0.3 is 6.18 Å². The lowest BCUT2D eigenvalue weighted by Crippen LogP contribution is -2.39. The number of halogens is 3. The van der Waals surface area contributed by atoms with Gasteiger partial charge in [0.25, 0.3) is 11.6 Å². The van der Waals surface area contributed by atoms with Crippen LogP contribution in [0.4, 0.5) is 13.2 Å². The molecular weight excluding hydrogens is 393 g/mol. The normalized spacial score (nSPS) is 18.0. The molecule has 1 atom stereocenters. The standard InChI is InChI=1S/C18H17F3N4O2S/c1-9-14-12(18(19,20)21)6-13(23-16(14)27-24-9)11-4-3-5-25(7-11)17(26)15-10(2)22-8-28-15/h6,8,11H,3-5,7H2,1-2H3. The number of aromatic nitrogens is 3. The van der Waals surface area contributed by atoms with Crippen molar-refractivity contribution in [1.82, 2.24) is 20.0 Å². The van der Waals surface area contributed by atoms with Crippen LogP contribution in [-0.4, -0.2) is 39.0 Å². The summed E-state index contributed by atoms with van der Waals surface area (Å²) in [6, 6.07) is 1.07. The number of rotatable bonds is 2. The van der Waals surface area contributed by atoms with E-state index in [9.17, 15) is 18.0 Å². The van der Waals surface area contributed by atoms with E-state index in [0.29, 0.717) is 36.5 Å². The Labute approximate surface area is 162 Å². The Morgan fingerprint density at radius 1 is 1.32 bits per heavy atom. The topological polar surface area (TPSA) is 72.1 Å². The molecule has 148 valence electrons. The highest BCUT2D eigenvalue weighted by molar-refractivity contribution is 7.11. The number of carbonyl (C=O) groups excluding carboxylic acids is 1. The molecule has 1 aliphatic heterocycles. The third-order valence-corrected chi connectivity index (χ3v) is 5.93. The number of pyridine rings is 1. The van der Waals surface area contributed by atoms with Crippen LogP contribution in [0.1, 0.15) is 51.1 Å². The molecule has 0 aliphatic carbocycles. The van der Waals surface area contributed by atoms with Crippen molar-refractivity contribution in [3.05, 3.63) is 39.1 Å². The van der Waals surface area contributed by atoms with Crippen LogP contribution in [0.5, 0.6) is 0 Å². The number of nitrogens with zero attached hydrogens (tertiary/aromatic N) is 4. The van der Waals surface area contributed by atoms with Crippen molar-refractivity contribution < 1.29 is 22.5 Å². The summed E-state index contributed by atoms with van der Waals surface area (Å²) in [6.07, 6.45) is -3.21. The van der Waals surface area contributed by atoms with E-state index in [4.69, 9.17) is 4.52 Å². The summed E-state index contributed by atoms with van der Waals surface area (Å²) >= 11 is 1.27. The van der Waals surface area contributed by atoms with Crippen molar-refractivity contribution in [3.8, 4) is 0 Å². The Morgan fingerprint density at radius 2 is 2.11 bits per heavy atom. The maximum absolute atomic E-state index is 13.6. The summed E-state index contributed by atoms with van der Waals surface area (Å²) < 4.78 is 45.8. The number of alkyl halides is 3. The number of likely N-dealkylation sites (tertiary alicyclic amines) is 1. The molecule has 0 bridgehead atoms. The number of hydrogen-bond acceptors (Lipinski definition) is 6. The van der Waals surface area contributed by atoms with Crippen LogP contribution < -0.4 is 0 Å². The summed E-state index contributed by atoms with van der Waals surface area (Å²) in [4.78, 5) is 23.4. The first kappa shape index (κ1) is 18.9. The Bertz CT molecular complexity index is 1040. The Kier molecular flexibility index (Phi) is 4.60. The first-order chi connectivity index (χ1) is 13.3. The van der Waals surface area contributed by atoms with Crippen LogP contribution in [0.15, 0.2) is 16.1 Å². The SMILES string of the molecule is Cc1ncsc1C(=O)N1CCCC(c2cc(C(F)(F)F)c3c(C)noc3n2)C1. The van der Waals surface area contributed by atoms with Gasteiger partial charge in [-0.05, 0) is 32.8 Å². The molecule has 1 fully saturated rings. The van der Waals surface area contributed by atoms with E-state index in [1.807, 2.05) is 0 Å². The molecule has 1 saturated heterocycles. The van der Waals surface area contributed by atoms with Gasteiger partial charge in [0.2, 0.25) is 0 Å². The second-order valence-corrected chi connectivity index (χ2v) is 7.75. The zero-order chi connectivity index (χ0) is 20.1.